The van der Waals surface area contributed by atoms with Crippen molar-refractivity contribution in [2.45, 2.75) is 38.5 Å². The van der Waals surface area contributed by atoms with Crippen molar-refractivity contribution < 1.29 is 4.42 Å². The average molecular weight is 305 g/mol. The van der Waals surface area contributed by atoms with Gasteiger partial charge < -0.3 is 4.42 Å². The van der Waals surface area contributed by atoms with Crippen molar-refractivity contribution in [2.75, 3.05) is 0 Å². The molecule has 4 nitrogen and oxygen atoms in total. The van der Waals surface area contributed by atoms with Crippen LogP contribution in [0.15, 0.2) is 47.3 Å². The third-order valence-electron chi connectivity index (χ3n) is 4.43. The summed E-state index contributed by atoms with van der Waals surface area (Å²) >= 11 is 0. The van der Waals surface area contributed by atoms with Crippen molar-refractivity contribution in [3.05, 3.63) is 65.4 Å². The molecule has 3 aromatic rings. The van der Waals surface area contributed by atoms with Crippen LogP contribution in [0.1, 0.15) is 41.3 Å². The zero-order valence-electron chi connectivity index (χ0n) is 13.2. The highest BCUT2D eigenvalue weighted by Gasteiger charge is 2.24. The predicted molar refractivity (Wildman–Crippen MR) is 88.1 cm³/mol. The van der Waals surface area contributed by atoms with E-state index < -0.39 is 0 Å². The summed E-state index contributed by atoms with van der Waals surface area (Å²) in [5.74, 6) is 2.12. The fourth-order valence-corrected chi connectivity index (χ4v) is 3.27. The van der Waals surface area contributed by atoms with Crippen molar-refractivity contribution >= 4 is 0 Å². The Kier molecular flexibility index (Phi) is 3.66. The molecule has 4 heteroatoms. The number of rotatable bonds is 2. The number of hydrogen-bond acceptors (Lipinski definition) is 4. The summed E-state index contributed by atoms with van der Waals surface area (Å²) in [6, 6.07) is 8.03. The number of hydrogen-bond donors (Lipinski definition) is 0. The molecule has 0 fully saturated rings. The SMILES string of the molecule is Cc1cncc(C2CCCc3oc(-c4ccccn4)nc3C2)c1. The molecule has 23 heavy (non-hydrogen) atoms. The monoisotopic (exact) mass is 305 g/mol. The van der Waals surface area contributed by atoms with Gasteiger partial charge in [0.05, 0.1) is 5.69 Å². The Balaban J connectivity index is 1.65. The second-order valence-electron chi connectivity index (χ2n) is 6.19. The Morgan fingerprint density at radius 2 is 2.17 bits per heavy atom. The standard InChI is InChI=1S/C19H19N3O/c1-13-9-15(12-20-11-13)14-5-4-7-18-17(10-14)22-19(23-18)16-6-2-3-8-21-16/h2-3,6,8-9,11-12,14H,4-5,7,10H2,1H3. The van der Waals surface area contributed by atoms with Gasteiger partial charge in [0.1, 0.15) is 11.5 Å². The van der Waals surface area contributed by atoms with Gasteiger partial charge in [0.2, 0.25) is 5.89 Å². The molecule has 3 heterocycles. The molecule has 3 aromatic heterocycles. The van der Waals surface area contributed by atoms with Crippen LogP contribution in [0.4, 0.5) is 0 Å². The topological polar surface area (TPSA) is 51.8 Å². The molecule has 0 N–H and O–H groups in total. The highest BCUT2D eigenvalue weighted by atomic mass is 16.4. The van der Waals surface area contributed by atoms with Gasteiger partial charge in [-0.1, -0.05) is 12.1 Å². The largest absolute Gasteiger partial charge is 0.440 e. The highest BCUT2D eigenvalue weighted by Crippen LogP contribution is 2.33. The summed E-state index contributed by atoms with van der Waals surface area (Å²) in [6.07, 6.45) is 9.79. The Morgan fingerprint density at radius 1 is 1.22 bits per heavy atom. The molecule has 0 saturated heterocycles. The molecule has 1 atom stereocenters. The second kappa shape index (κ2) is 5.95. The summed E-state index contributed by atoms with van der Waals surface area (Å²) < 4.78 is 5.99. The molecule has 4 rings (SSSR count). The lowest BCUT2D eigenvalue weighted by Crippen LogP contribution is -2.03. The van der Waals surface area contributed by atoms with Crippen LogP contribution >= 0.6 is 0 Å². The van der Waals surface area contributed by atoms with E-state index in [1.54, 1.807) is 6.20 Å². The fraction of sp³-hybridized carbons (Fsp3) is 0.316. The van der Waals surface area contributed by atoms with E-state index in [4.69, 9.17) is 9.40 Å². The van der Waals surface area contributed by atoms with Crippen LogP contribution in [0.2, 0.25) is 0 Å². The van der Waals surface area contributed by atoms with E-state index in [9.17, 15) is 0 Å². The van der Waals surface area contributed by atoms with E-state index in [0.29, 0.717) is 11.8 Å². The van der Waals surface area contributed by atoms with Crippen LogP contribution < -0.4 is 0 Å². The molecular formula is C19H19N3O. The minimum Gasteiger partial charge on any atom is -0.440 e. The Labute approximate surface area is 135 Å². The molecule has 0 aliphatic heterocycles. The zero-order chi connectivity index (χ0) is 15.6. The van der Waals surface area contributed by atoms with E-state index in [1.807, 2.05) is 30.6 Å². The van der Waals surface area contributed by atoms with Gasteiger partial charge in [-0.25, -0.2) is 4.98 Å². The first-order chi connectivity index (χ1) is 11.3. The minimum absolute atomic E-state index is 0.463. The average Bonchev–Trinajstić information content (AvgIpc) is 2.87. The lowest BCUT2D eigenvalue weighted by Gasteiger charge is -2.14. The number of fused-ring (bicyclic) bond motifs is 1. The highest BCUT2D eigenvalue weighted by molar-refractivity contribution is 5.47. The van der Waals surface area contributed by atoms with E-state index >= 15 is 0 Å². The van der Waals surface area contributed by atoms with Gasteiger partial charge >= 0.3 is 0 Å². The second-order valence-corrected chi connectivity index (χ2v) is 6.19. The maximum Gasteiger partial charge on any atom is 0.245 e. The van der Waals surface area contributed by atoms with Crippen LogP contribution in [-0.2, 0) is 12.8 Å². The molecule has 0 radical (unpaired) electrons. The molecule has 1 aliphatic carbocycles. The maximum absolute atomic E-state index is 5.99. The Bertz CT molecular complexity index is 810. The molecule has 1 aliphatic rings. The molecular weight excluding hydrogens is 286 g/mol. The van der Waals surface area contributed by atoms with E-state index in [1.165, 1.54) is 11.1 Å². The van der Waals surface area contributed by atoms with Crippen LogP contribution in [0, 0.1) is 6.92 Å². The van der Waals surface area contributed by atoms with Gasteiger partial charge in [0.25, 0.3) is 0 Å². The Hall–Kier alpha value is -2.49. The molecule has 0 spiro atoms. The third-order valence-corrected chi connectivity index (χ3v) is 4.43. The molecule has 0 saturated carbocycles. The molecule has 1 unspecified atom stereocenters. The minimum atomic E-state index is 0.463. The summed E-state index contributed by atoms with van der Waals surface area (Å²) in [5, 5.41) is 0. The summed E-state index contributed by atoms with van der Waals surface area (Å²) in [4.78, 5) is 13.4. The van der Waals surface area contributed by atoms with Crippen molar-refractivity contribution in [1.82, 2.24) is 15.0 Å². The number of aromatic nitrogens is 3. The first-order valence-corrected chi connectivity index (χ1v) is 8.11. The molecule has 0 amide bonds. The summed E-state index contributed by atoms with van der Waals surface area (Å²) in [5.41, 5.74) is 4.39. The lowest BCUT2D eigenvalue weighted by atomic mass is 9.92. The molecule has 0 aromatic carbocycles. The normalized spacial score (nSPS) is 17.5. The van der Waals surface area contributed by atoms with Gasteiger partial charge in [-0.05, 0) is 48.9 Å². The number of nitrogens with zero attached hydrogens (tertiary/aromatic N) is 3. The quantitative estimate of drug-likeness (QED) is 0.669. The van der Waals surface area contributed by atoms with Crippen molar-refractivity contribution in [1.29, 1.82) is 0 Å². The first-order valence-electron chi connectivity index (χ1n) is 8.11. The number of oxazole rings is 1. The van der Waals surface area contributed by atoms with Crippen molar-refractivity contribution in [2.24, 2.45) is 0 Å². The lowest BCUT2D eigenvalue weighted by molar-refractivity contribution is 0.504. The van der Waals surface area contributed by atoms with Gasteiger partial charge in [-0.15, -0.1) is 0 Å². The predicted octanol–water partition coefficient (Wildman–Crippen LogP) is 4.10. The molecule has 116 valence electrons. The third kappa shape index (κ3) is 2.89. The van der Waals surface area contributed by atoms with E-state index in [-0.39, 0.29) is 0 Å². The van der Waals surface area contributed by atoms with E-state index in [0.717, 1.165) is 42.8 Å². The van der Waals surface area contributed by atoms with E-state index in [2.05, 4.69) is 23.0 Å². The van der Waals surface area contributed by atoms with Crippen molar-refractivity contribution in [3.8, 4) is 11.6 Å². The summed E-state index contributed by atoms with van der Waals surface area (Å²) in [7, 11) is 0. The fourth-order valence-electron chi connectivity index (χ4n) is 3.27. The van der Waals surface area contributed by atoms with Gasteiger partial charge in [-0.2, -0.15) is 0 Å². The number of aryl methyl sites for hydroxylation is 2. The van der Waals surface area contributed by atoms with Gasteiger partial charge in [0.15, 0.2) is 0 Å². The molecule has 0 bridgehead atoms. The van der Waals surface area contributed by atoms with Gasteiger partial charge in [-0.3, -0.25) is 9.97 Å². The van der Waals surface area contributed by atoms with Crippen LogP contribution in [-0.4, -0.2) is 15.0 Å². The maximum atomic E-state index is 5.99. The smallest absolute Gasteiger partial charge is 0.245 e. The van der Waals surface area contributed by atoms with Crippen molar-refractivity contribution in [3.63, 3.8) is 0 Å². The van der Waals surface area contributed by atoms with Crippen LogP contribution in [0.25, 0.3) is 11.6 Å². The zero-order valence-corrected chi connectivity index (χ0v) is 13.2. The van der Waals surface area contributed by atoms with Crippen LogP contribution in [0.3, 0.4) is 0 Å². The first kappa shape index (κ1) is 14.1. The Morgan fingerprint density at radius 3 is 3.00 bits per heavy atom. The van der Waals surface area contributed by atoms with Crippen LogP contribution in [0.5, 0.6) is 0 Å². The number of pyridine rings is 2. The van der Waals surface area contributed by atoms with Gasteiger partial charge in [0, 0.05) is 31.4 Å². The summed E-state index contributed by atoms with van der Waals surface area (Å²) in [6.45, 7) is 2.09.